The molecule has 5 heteroatoms. The molecule has 0 radical (unpaired) electrons. The van der Waals surface area contributed by atoms with Gasteiger partial charge in [0.15, 0.2) is 0 Å². The number of hydrogen-bond donors (Lipinski definition) is 2. The maximum atomic E-state index is 11.4. The lowest BCUT2D eigenvalue weighted by atomic mass is 9.85. The summed E-state index contributed by atoms with van der Waals surface area (Å²) in [4.78, 5) is 11.4. The topological polar surface area (TPSA) is 59.6 Å². The summed E-state index contributed by atoms with van der Waals surface area (Å²) in [5.74, 6) is 0. The number of hydrogen-bond acceptors (Lipinski definition) is 3. The molecule has 0 aromatic carbocycles. The van der Waals surface area contributed by atoms with E-state index >= 15 is 0 Å². The van der Waals surface area contributed by atoms with Crippen molar-refractivity contribution in [2.45, 2.75) is 31.6 Å². The molecule has 1 rings (SSSR count). The van der Waals surface area contributed by atoms with Crippen molar-refractivity contribution in [1.29, 1.82) is 0 Å². The van der Waals surface area contributed by atoms with Gasteiger partial charge in [-0.15, -0.1) is 6.58 Å². The summed E-state index contributed by atoms with van der Waals surface area (Å²) in [6, 6.07) is -0.159. The van der Waals surface area contributed by atoms with E-state index in [2.05, 4.69) is 17.2 Å². The van der Waals surface area contributed by atoms with Gasteiger partial charge in [-0.25, -0.2) is 4.79 Å². The standard InChI is InChI=1S/C11H20N2O3/c1-4-6-12-11(14)13-8-7-9(16-5-2)10(8)15-3/h4,8-10H,1,5-7H2,2-3H3,(H2,12,13,14)/t8-,9-,10+/m1/s1. The second kappa shape index (κ2) is 6.50. The molecule has 0 aromatic rings. The number of urea groups is 1. The molecular weight excluding hydrogens is 208 g/mol. The highest BCUT2D eigenvalue weighted by Gasteiger charge is 2.42. The van der Waals surface area contributed by atoms with Gasteiger partial charge >= 0.3 is 6.03 Å². The summed E-state index contributed by atoms with van der Waals surface area (Å²) in [7, 11) is 1.63. The molecule has 0 heterocycles. The van der Waals surface area contributed by atoms with Crippen LogP contribution >= 0.6 is 0 Å². The summed E-state index contributed by atoms with van der Waals surface area (Å²) in [6.45, 7) is 6.60. The molecule has 0 spiro atoms. The number of carbonyl (C=O) groups excluding carboxylic acids is 1. The van der Waals surface area contributed by atoms with Crippen molar-refractivity contribution in [3.05, 3.63) is 12.7 Å². The minimum Gasteiger partial charge on any atom is -0.377 e. The Balaban J connectivity index is 2.28. The minimum absolute atomic E-state index is 0.0337. The Bertz CT molecular complexity index is 245. The molecule has 2 N–H and O–H groups in total. The first-order valence-corrected chi connectivity index (χ1v) is 5.52. The number of nitrogens with one attached hydrogen (secondary N) is 2. The average Bonchev–Trinajstić information content (AvgIpc) is 2.25. The summed E-state index contributed by atoms with van der Waals surface area (Å²) >= 11 is 0. The lowest BCUT2D eigenvalue weighted by Crippen LogP contribution is -2.62. The Hall–Kier alpha value is -1.07. The highest BCUT2D eigenvalue weighted by Crippen LogP contribution is 2.26. The van der Waals surface area contributed by atoms with Crippen LogP contribution in [-0.4, -0.2) is 44.5 Å². The first-order chi connectivity index (χ1) is 7.72. The molecule has 3 atom stereocenters. The lowest BCUT2D eigenvalue weighted by molar-refractivity contribution is -0.128. The molecule has 0 unspecified atom stereocenters. The van der Waals surface area contributed by atoms with Gasteiger partial charge in [0.2, 0.25) is 0 Å². The van der Waals surface area contributed by atoms with Crippen LogP contribution in [0.25, 0.3) is 0 Å². The van der Waals surface area contributed by atoms with E-state index in [4.69, 9.17) is 9.47 Å². The first kappa shape index (κ1) is 13.0. The second-order valence-electron chi connectivity index (χ2n) is 3.68. The van der Waals surface area contributed by atoms with Crippen LogP contribution in [0.2, 0.25) is 0 Å². The molecular formula is C11H20N2O3. The van der Waals surface area contributed by atoms with E-state index < -0.39 is 0 Å². The molecule has 1 fully saturated rings. The third-order valence-corrected chi connectivity index (χ3v) is 2.63. The zero-order valence-corrected chi connectivity index (χ0v) is 9.86. The zero-order chi connectivity index (χ0) is 12.0. The van der Waals surface area contributed by atoms with E-state index in [-0.39, 0.29) is 24.3 Å². The number of carbonyl (C=O) groups is 1. The predicted octanol–water partition coefficient (Wildman–Crippen LogP) is 0.664. The molecule has 0 bridgehead atoms. The van der Waals surface area contributed by atoms with Crippen LogP contribution in [0.15, 0.2) is 12.7 Å². The SMILES string of the molecule is C=CCNC(=O)N[C@@H]1C[C@@H](OCC)[C@H]1OC. The minimum atomic E-state index is -0.193. The van der Waals surface area contributed by atoms with Gasteiger partial charge in [-0.2, -0.15) is 0 Å². The normalized spacial score (nSPS) is 28.0. The monoisotopic (exact) mass is 228 g/mol. The van der Waals surface area contributed by atoms with E-state index in [0.717, 1.165) is 6.42 Å². The fourth-order valence-electron chi connectivity index (χ4n) is 1.80. The van der Waals surface area contributed by atoms with Crippen LogP contribution < -0.4 is 10.6 Å². The van der Waals surface area contributed by atoms with Gasteiger partial charge < -0.3 is 20.1 Å². The zero-order valence-electron chi connectivity index (χ0n) is 9.86. The summed E-state index contributed by atoms with van der Waals surface area (Å²) < 4.78 is 10.7. The first-order valence-electron chi connectivity index (χ1n) is 5.52. The molecule has 1 aliphatic carbocycles. The number of ether oxygens (including phenoxy) is 2. The molecule has 1 saturated carbocycles. The third kappa shape index (κ3) is 3.21. The van der Waals surface area contributed by atoms with Crippen molar-refractivity contribution in [1.82, 2.24) is 10.6 Å². The van der Waals surface area contributed by atoms with Crippen molar-refractivity contribution in [2.24, 2.45) is 0 Å². The lowest BCUT2D eigenvalue weighted by Gasteiger charge is -2.43. The Morgan fingerprint density at radius 2 is 2.38 bits per heavy atom. The van der Waals surface area contributed by atoms with Crippen LogP contribution in [0.3, 0.4) is 0 Å². The highest BCUT2D eigenvalue weighted by atomic mass is 16.5. The van der Waals surface area contributed by atoms with Crippen LogP contribution in [0.5, 0.6) is 0 Å². The van der Waals surface area contributed by atoms with E-state index in [1.807, 2.05) is 6.92 Å². The van der Waals surface area contributed by atoms with E-state index in [0.29, 0.717) is 13.2 Å². The van der Waals surface area contributed by atoms with E-state index in [1.54, 1.807) is 13.2 Å². The maximum absolute atomic E-state index is 11.4. The van der Waals surface area contributed by atoms with E-state index in [1.165, 1.54) is 0 Å². The fraction of sp³-hybridized carbons (Fsp3) is 0.727. The predicted molar refractivity (Wildman–Crippen MR) is 61.3 cm³/mol. The van der Waals surface area contributed by atoms with Gasteiger partial charge in [-0.1, -0.05) is 6.08 Å². The second-order valence-corrected chi connectivity index (χ2v) is 3.68. The largest absolute Gasteiger partial charge is 0.377 e. The Labute approximate surface area is 96.2 Å². The van der Waals surface area contributed by atoms with Crippen molar-refractivity contribution in [3.8, 4) is 0 Å². The number of amides is 2. The molecule has 0 saturated heterocycles. The van der Waals surface area contributed by atoms with Crippen molar-refractivity contribution in [3.63, 3.8) is 0 Å². The average molecular weight is 228 g/mol. The Kier molecular flexibility index (Phi) is 5.28. The molecule has 16 heavy (non-hydrogen) atoms. The van der Waals surface area contributed by atoms with Crippen molar-refractivity contribution < 1.29 is 14.3 Å². The molecule has 0 aromatic heterocycles. The van der Waals surface area contributed by atoms with E-state index in [9.17, 15) is 4.79 Å². The third-order valence-electron chi connectivity index (χ3n) is 2.63. The molecule has 5 nitrogen and oxygen atoms in total. The quantitative estimate of drug-likeness (QED) is 0.657. The van der Waals surface area contributed by atoms with Crippen LogP contribution in [0.4, 0.5) is 4.79 Å². The smallest absolute Gasteiger partial charge is 0.315 e. The van der Waals surface area contributed by atoms with Crippen molar-refractivity contribution >= 4 is 6.03 Å². The van der Waals surface area contributed by atoms with Gasteiger partial charge in [0.05, 0.1) is 12.1 Å². The van der Waals surface area contributed by atoms with Gasteiger partial charge in [-0.05, 0) is 13.3 Å². The van der Waals surface area contributed by atoms with Crippen LogP contribution in [-0.2, 0) is 9.47 Å². The molecule has 1 aliphatic rings. The summed E-state index contributed by atoms with van der Waals surface area (Å²) in [5.41, 5.74) is 0. The summed E-state index contributed by atoms with van der Waals surface area (Å²) in [5, 5.41) is 5.50. The Morgan fingerprint density at radius 1 is 1.62 bits per heavy atom. The summed E-state index contributed by atoms with van der Waals surface area (Å²) in [6.07, 6.45) is 2.49. The van der Waals surface area contributed by atoms with Gasteiger partial charge in [-0.3, -0.25) is 0 Å². The van der Waals surface area contributed by atoms with Gasteiger partial charge in [0.25, 0.3) is 0 Å². The molecule has 92 valence electrons. The number of methoxy groups -OCH3 is 1. The highest BCUT2D eigenvalue weighted by molar-refractivity contribution is 5.74. The van der Waals surface area contributed by atoms with Crippen LogP contribution in [0.1, 0.15) is 13.3 Å². The van der Waals surface area contributed by atoms with Crippen LogP contribution in [0, 0.1) is 0 Å². The molecule has 0 aliphatic heterocycles. The van der Waals surface area contributed by atoms with Gasteiger partial charge in [0.1, 0.15) is 6.10 Å². The maximum Gasteiger partial charge on any atom is 0.315 e. The Morgan fingerprint density at radius 3 is 2.94 bits per heavy atom. The van der Waals surface area contributed by atoms with Crippen molar-refractivity contribution in [2.75, 3.05) is 20.3 Å². The van der Waals surface area contributed by atoms with Gasteiger partial charge in [0, 0.05) is 20.3 Å². The molecule has 2 amide bonds. The fourth-order valence-corrected chi connectivity index (χ4v) is 1.80. The number of rotatable bonds is 6.